The number of hydrogen-bond acceptors (Lipinski definition) is 26. The van der Waals surface area contributed by atoms with Gasteiger partial charge < -0.3 is 88.5 Å². The number of phenols is 3. The minimum atomic E-state index is -2.64. The highest BCUT2D eigenvalue weighted by Gasteiger charge is 2.68. The highest BCUT2D eigenvalue weighted by atomic mass is 127. The Labute approximate surface area is 728 Å². The highest BCUT2D eigenvalue weighted by Crippen LogP contribution is 2.57. The fourth-order valence-corrected chi connectivity index (χ4v) is 17.9. The molecule has 0 saturated heterocycles. The average Bonchev–Trinajstić information content (AvgIpc) is 0.713. The van der Waals surface area contributed by atoms with Crippen LogP contribution in [0, 0.1) is 39.1 Å². The molecule has 6 unspecified atom stereocenters. The van der Waals surface area contributed by atoms with Gasteiger partial charge in [-0.05, 0) is 198 Å². The topological polar surface area (TPSA) is 525 Å². The van der Waals surface area contributed by atoms with E-state index in [0.717, 1.165) is 14.7 Å². The van der Waals surface area contributed by atoms with E-state index in [4.69, 9.17) is 50.5 Å². The molecular weight excluding hydrogens is 1680 g/mol. The fraction of sp³-hybridized carbons (Fsp3) is 0.349. The number of halogens is 1. The normalized spacial score (nSPS) is 24.6. The average molecular weight is 1780 g/mol. The molecule has 637 valence electrons. The Hall–Kier alpha value is -11.0. The lowest BCUT2D eigenvalue weighted by Crippen LogP contribution is -2.65. The Bertz CT molecular complexity index is 5260. The summed E-state index contributed by atoms with van der Waals surface area (Å²) in [4.78, 5) is 120. The largest absolute Gasteiger partial charge is 1.00 e. The molecule has 122 heavy (non-hydrogen) atoms. The van der Waals surface area contributed by atoms with Gasteiger partial charge in [0, 0.05) is 74.7 Å². The number of phenolic OH excluding ortho intramolecular Hbond substituents is 3. The summed E-state index contributed by atoms with van der Waals surface area (Å²) in [5, 5.41) is 148. The maximum absolute atomic E-state index is 13.8. The van der Waals surface area contributed by atoms with Crippen molar-refractivity contribution in [2.75, 3.05) is 42.3 Å². The number of nitrogens with two attached hydrogens (primary N) is 3. The van der Waals surface area contributed by atoms with Crippen LogP contribution in [0.1, 0.15) is 96.6 Å². The number of aliphatic hydroxyl groups excluding tert-OH is 6. The third kappa shape index (κ3) is 18.4. The predicted molar refractivity (Wildman–Crippen MR) is 475 cm³/mol. The first-order valence-electron chi connectivity index (χ1n) is 37.8. The molecule has 5 aromatic carbocycles. The van der Waals surface area contributed by atoms with Crippen molar-refractivity contribution in [1.29, 1.82) is 0 Å². The zero-order chi connectivity index (χ0) is 90.3. The molecule has 7 radical (unpaired) electrons. The molecule has 3 fully saturated rings. The number of likely N-dealkylation sites (N-methyl/N-ethyl adjacent to an activating group) is 3. The van der Waals surface area contributed by atoms with E-state index in [1.807, 2.05) is 64.1 Å². The molecular formula is C86H101B6IN6O23+. The van der Waals surface area contributed by atoms with Gasteiger partial charge in [-0.25, -0.2) is 0 Å². The van der Waals surface area contributed by atoms with Gasteiger partial charge in [0.25, 0.3) is 17.7 Å². The number of amides is 3. The van der Waals surface area contributed by atoms with E-state index in [9.17, 15) is 104 Å². The second-order valence-corrected chi connectivity index (χ2v) is 30.7. The Morgan fingerprint density at radius 2 is 0.811 bits per heavy atom. The molecule has 3 saturated carbocycles. The number of aliphatic hydroxyl groups is 9. The maximum Gasteiger partial charge on any atom is 1.00 e. The van der Waals surface area contributed by atoms with E-state index in [1.165, 1.54) is 40.0 Å². The number of hydrogen-bond donors (Lipinski definition) is 17. The SMILES string of the molecule is C.C.C=C=C=C=C.CC.CC.CN(C)[C@@H]1C(=O)C(C(N)=O)=C(O)[C@@]2(O)C(=O)C3=C(O)c4c(O)ccc(-c5ccccc5)c4CC3CC12.CN(C)[C@@H]1C(=O)C(C(N)=O)=C(O)[C@@]2(O)C(=O)C3=C(O)c4c(O)ccc(I)c4CC3CC12.CN(C)[C@@H]1C(=O)C(C(N)=O)=C(O)[C@@]2(O)C(=O)C3=C(O)c4c(O)cccc4CC3CC12.OB(O)c1ccccc1.[B][B]B([B])[B].[H+]. The Morgan fingerprint density at radius 3 is 1.13 bits per heavy atom. The Morgan fingerprint density at radius 1 is 0.492 bits per heavy atom. The van der Waals surface area contributed by atoms with E-state index in [-0.39, 0.29) is 92.6 Å². The van der Waals surface area contributed by atoms with Crippen LogP contribution in [0.4, 0.5) is 0 Å². The third-order valence-corrected chi connectivity index (χ3v) is 23.2. The number of ketones is 6. The fourth-order valence-electron chi connectivity index (χ4n) is 17.2. The monoisotopic (exact) mass is 1780 g/mol. The van der Waals surface area contributed by atoms with Crippen LogP contribution >= 0.6 is 22.6 Å². The molecule has 0 spiro atoms. The number of aromatic hydroxyl groups is 3. The van der Waals surface area contributed by atoms with Gasteiger partial charge in [0.2, 0.25) is 17.3 Å². The first-order valence-corrected chi connectivity index (χ1v) is 38.9. The molecule has 20 N–H and O–H groups in total. The van der Waals surface area contributed by atoms with Gasteiger partial charge in [-0.15, -0.1) is 0 Å². The summed E-state index contributed by atoms with van der Waals surface area (Å²) in [6.07, 6.45) is 0.585. The first kappa shape index (κ1) is 102. The van der Waals surface area contributed by atoms with E-state index < -0.39 is 188 Å². The molecule has 0 aromatic heterocycles. The van der Waals surface area contributed by atoms with Crippen molar-refractivity contribution in [2.45, 2.75) is 116 Å². The number of nitrogens with zero attached hydrogens (tertiary/aromatic N) is 3. The molecule has 0 aliphatic heterocycles. The summed E-state index contributed by atoms with van der Waals surface area (Å²) in [6, 6.07) is 25.7. The van der Waals surface area contributed by atoms with E-state index in [1.54, 1.807) is 90.8 Å². The molecule has 36 heteroatoms. The summed E-state index contributed by atoms with van der Waals surface area (Å²) < 4.78 is 0.784. The summed E-state index contributed by atoms with van der Waals surface area (Å²) in [5.41, 5.74) is 16.5. The smallest absolute Gasteiger partial charge is 0.508 e. The molecule has 12 atom stereocenters. The molecule has 0 heterocycles. The molecule has 29 nitrogen and oxygen atoms in total. The zero-order valence-corrected chi connectivity index (χ0v) is 69.7. The second-order valence-electron chi connectivity index (χ2n) is 29.5. The van der Waals surface area contributed by atoms with Crippen molar-refractivity contribution < 1.29 is 116 Å². The van der Waals surface area contributed by atoms with Crippen molar-refractivity contribution in [2.24, 2.45) is 52.7 Å². The number of fused-ring (bicyclic) bond motifs is 9. The number of Topliss-reactive ketones (excluding diaryl/α,β-unsaturated/α-hetero) is 6. The lowest BCUT2D eigenvalue weighted by molar-refractivity contribution is -0.155. The van der Waals surface area contributed by atoms with Gasteiger partial charge in [-0.2, -0.15) is 0 Å². The van der Waals surface area contributed by atoms with Gasteiger partial charge in [0.1, 0.15) is 68.5 Å². The Balaban J connectivity index is 0.000000340. The maximum atomic E-state index is 13.8. The van der Waals surface area contributed by atoms with Crippen molar-refractivity contribution in [1.82, 2.24) is 14.7 Å². The van der Waals surface area contributed by atoms with Crippen LogP contribution in [0.25, 0.3) is 28.4 Å². The van der Waals surface area contributed by atoms with E-state index >= 15 is 0 Å². The number of benzene rings is 5. The van der Waals surface area contributed by atoms with Gasteiger partial charge in [0.15, 0.2) is 34.2 Å². The zero-order valence-electron chi connectivity index (χ0n) is 68.5. The molecule has 9 aliphatic rings. The van der Waals surface area contributed by atoms with Crippen LogP contribution in [-0.4, -0.2) is 259 Å². The van der Waals surface area contributed by atoms with Crippen LogP contribution in [0.5, 0.6) is 17.2 Å². The van der Waals surface area contributed by atoms with Gasteiger partial charge in [-0.1, -0.05) is 133 Å². The third-order valence-electron chi connectivity index (χ3n) is 22.2. The summed E-state index contributed by atoms with van der Waals surface area (Å²) in [6.45, 7) is 14.4. The number of carbonyl (C=O) groups is 9. The minimum Gasteiger partial charge on any atom is -0.508 e. The van der Waals surface area contributed by atoms with Crippen LogP contribution in [0.15, 0.2) is 184 Å². The summed E-state index contributed by atoms with van der Waals surface area (Å²) in [7, 11) is 23.8. The van der Waals surface area contributed by atoms with Crippen LogP contribution in [0.2, 0.25) is 0 Å². The van der Waals surface area contributed by atoms with E-state index in [2.05, 4.69) is 52.9 Å². The lowest BCUT2D eigenvalue weighted by Gasteiger charge is -2.50. The molecule has 14 rings (SSSR count). The quantitative estimate of drug-likeness (QED) is 0.0422. The van der Waals surface area contributed by atoms with Crippen LogP contribution in [-0.2, 0) is 62.4 Å². The van der Waals surface area contributed by atoms with Gasteiger partial charge >= 0.3 is 8.55 Å². The van der Waals surface area contributed by atoms with Crippen molar-refractivity contribution in [3.63, 3.8) is 0 Å². The molecule has 0 bridgehead atoms. The molecule has 5 aromatic rings. The molecule has 3 amide bonds. The standard InChI is InChI=1S/C27H26N2O7.C21H21IN2O7.C21H22N2O7.C6H7BO2.C5H4.2C2H6.2CH4.B5/c1-29(2)21-16-11-13-10-15-14(12-6-4-3-5-7-12)8-9-17(30)19(15)22(31)18(13)24(33)27(16,36)25(34)20(23(21)32)26(28)35;1-24(2)15-9-6-7-5-8-10(22)3-4-11(25)13(8)16(26)12(7)18(28)21(9,31)19(29)14(17(15)27)20(23)30;1-23(2)15-10-7-9-6-8-4-3-5-11(24)12(8)16(25)13(9)18(27)21(10,30)19(28)14(17(15)26)20(22)29;8-7(9)6-4-2-1-3-5-6;1-3-5-4-2;2*1-2;;;1-4-5(2)3/h3-9,13,16,21,30-31,34,36H,10-11H2,1-2H3,(H2,28,35);3-4,7,9,15,25-26,29,31H,5-6H2,1-2H3,(H2,23,30);3-5,9-10,15,24-25,28,30H,6-7H2,1-2H3,(H2,22,29);1-5,8-9H;1-2H2;2*1-2H3;2*1H4;/p+1/t13?,16?,21-,27-;7?,9?,15-,21-;9?,10?,15-,21-;;;;;;;/m000......./s1. The Kier molecular flexibility index (Phi) is 34.4. The number of rotatable bonds is 9. The van der Waals surface area contributed by atoms with Crippen molar-refractivity contribution in [3.8, 4) is 28.4 Å². The van der Waals surface area contributed by atoms with Gasteiger partial charge in [-0.3, -0.25) is 57.9 Å². The minimum absolute atomic E-state index is 0. The number of carbonyl (C=O) groups excluding carboxylic acids is 9. The first-order chi connectivity index (χ1) is 56.4. The highest BCUT2D eigenvalue weighted by molar-refractivity contribution is 14.1. The van der Waals surface area contributed by atoms with Crippen LogP contribution < -0.4 is 22.7 Å². The predicted octanol–water partition coefficient (Wildman–Crippen LogP) is 4.33. The van der Waals surface area contributed by atoms with E-state index in [0.29, 0.717) is 35.0 Å². The summed E-state index contributed by atoms with van der Waals surface area (Å²) >= 11 is 2.07. The molecule has 9 aliphatic carbocycles. The van der Waals surface area contributed by atoms with Crippen molar-refractivity contribution in [3.05, 3.63) is 221 Å². The van der Waals surface area contributed by atoms with Gasteiger partial charge in [0.05, 0.1) is 34.8 Å². The second kappa shape index (κ2) is 41.3. The van der Waals surface area contributed by atoms with Crippen molar-refractivity contribution >= 4 is 142 Å². The number of primary amides is 3. The lowest BCUT2D eigenvalue weighted by atomic mass is 8.97. The summed E-state index contributed by atoms with van der Waals surface area (Å²) in [5.74, 6) is -19.5. The van der Waals surface area contributed by atoms with Crippen LogP contribution in [0.3, 0.4) is 0 Å².